The number of hydrogen-bond donors (Lipinski definition) is 2. The molecule has 19 heavy (non-hydrogen) atoms. The molecular formula is C16H14O3. The maximum atomic E-state index is 9.49. The van der Waals surface area contributed by atoms with E-state index >= 15 is 0 Å². The first-order valence-electron chi connectivity index (χ1n) is 5.64. The Morgan fingerprint density at radius 1 is 0.947 bits per heavy atom. The van der Waals surface area contributed by atoms with E-state index in [9.17, 15) is 5.11 Å². The SMILES string of the molecule is CC(=O)O.Oc1ccccc1C#Cc1ccccc1. The maximum Gasteiger partial charge on any atom is 0.300 e. The van der Waals surface area contributed by atoms with E-state index in [2.05, 4.69) is 11.8 Å². The second-order valence-corrected chi connectivity index (χ2v) is 3.65. The quantitative estimate of drug-likeness (QED) is 0.711. The molecule has 0 aliphatic heterocycles. The number of aliphatic carboxylic acids is 1. The van der Waals surface area contributed by atoms with E-state index in [-0.39, 0.29) is 5.75 Å². The molecule has 0 fully saturated rings. The molecule has 3 nitrogen and oxygen atoms in total. The fraction of sp³-hybridized carbons (Fsp3) is 0.0625. The van der Waals surface area contributed by atoms with Crippen molar-refractivity contribution in [2.75, 3.05) is 0 Å². The predicted octanol–water partition coefficient (Wildman–Crippen LogP) is 2.88. The molecule has 0 bridgehead atoms. The zero-order valence-electron chi connectivity index (χ0n) is 10.5. The summed E-state index contributed by atoms with van der Waals surface area (Å²) in [5.74, 6) is 5.31. The molecule has 0 heterocycles. The van der Waals surface area contributed by atoms with Crippen molar-refractivity contribution in [3.8, 4) is 17.6 Å². The summed E-state index contributed by atoms with van der Waals surface area (Å²) in [5.41, 5.74) is 1.60. The highest BCUT2D eigenvalue weighted by Gasteiger charge is 1.93. The zero-order valence-corrected chi connectivity index (χ0v) is 10.5. The molecule has 2 aromatic carbocycles. The Labute approximate surface area is 112 Å². The average molecular weight is 254 g/mol. The molecule has 0 spiro atoms. The van der Waals surface area contributed by atoms with E-state index in [1.54, 1.807) is 18.2 Å². The van der Waals surface area contributed by atoms with Crippen LogP contribution in [0.1, 0.15) is 18.1 Å². The number of rotatable bonds is 0. The van der Waals surface area contributed by atoms with E-state index in [0.29, 0.717) is 5.56 Å². The summed E-state index contributed by atoms with van der Waals surface area (Å²) in [6, 6.07) is 16.8. The van der Waals surface area contributed by atoms with E-state index in [4.69, 9.17) is 9.90 Å². The van der Waals surface area contributed by atoms with Crippen LogP contribution in [0.15, 0.2) is 54.6 Å². The molecule has 0 aliphatic carbocycles. The largest absolute Gasteiger partial charge is 0.507 e. The number of para-hydroxylation sites is 1. The summed E-state index contributed by atoms with van der Waals surface area (Å²) in [6.45, 7) is 1.08. The lowest BCUT2D eigenvalue weighted by Crippen LogP contribution is -1.78. The molecule has 0 atom stereocenters. The predicted molar refractivity (Wildman–Crippen MR) is 73.8 cm³/mol. The van der Waals surface area contributed by atoms with Crippen LogP contribution in [0.3, 0.4) is 0 Å². The third-order valence-electron chi connectivity index (χ3n) is 2.02. The number of carbonyl (C=O) groups is 1. The second kappa shape index (κ2) is 7.57. The van der Waals surface area contributed by atoms with Crippen LogP contribution in [-0.2, 0) is 4.79 Å². The van der Waals surface area contributed by atoms with Crippen LogP contribution in [0.5, 0.6) is 5.75 Å². The van der Waals surface area contributed by atoms with Gasteiger partial charge in [-0.15, -0.1) is 0 Å². The molecule has 0 unspecified atom stereocenters. The number of carboxylic acid groups (broad SMARTS) is 1. The van der Waals surface area contributed by atoms with Gasteiger partial charge >= 0.3 is 0 Å². The smallest absolute Gasteiger partial charge is 0.300 e. The van der Waals surface area contributed by atoms with Crippen LogP contribution >= 0.6 is 0 Å². The third kappa shape index (κ3) is 5.94. The van der Waals surface area contributed by atoms with E-state index < -0.39 is 5.97 Å². The van der Waals surface area contributed by atoms with Crippen LogP contribution in [0.2, 0.25) is 0 Å². The van der Waals surface area contributed by atoms with Gasteiger partial charge in [0.1, 0.15) is 5.75 Å². The number of phenols is 1. The number of benzene rings is 2. The monoisotopic (exact) mass is 254 g/mol. The molecule has 0 saturated heterocycles. The first kappa shape index (κ1) is 14.3. The van der Waals surface area contributed by atoms with Gasteiger partial charge in [-0.3, -0.25) is 4.79 Å². The Balaban J connectivity index is 0.000000399. The molecule has 0 amide bonds. The molecule has 2 N–H and O–H groups in total. The van der Waals surface area contributed by atoms with E-state index in [1.807, 2.05) is 36.4 Å². The van der Waals surface area contributed by atoms with E-state index in [1.165, 1.54) is 0 Å². The number of phenolic OH excluding ortho intramolecular Hbond substituents is 1. The third-order valence-corrected chi connectivity index (χ3v) is 2.02. The van der Waals surface area contributed by atoms with Crippen molar-refractivity contribution in [3.05, 3.63) is 65.7 Å². The topological polar surface area (TPSA) is 57.5 Å². The molecule has 0 saturated carbocycles. The molecule has 0 radical (unpaired) electrons. The van der Waals surface area contributed by atoms with Gasteiger partial charge in [0.2, 0.25) is 0 Å². The van der Waals surface area contributed by atoms with Crippen molar-refractivity contribution < 1.29 is 15.0 Å². The minimum atomic E-state index is -0.833. The molecule has 0 aliphatic rings. The van der Waals surface area contributed by atoms with Crippen LogP contribution in [0.4, 0.5) is 0 Å². The van der Waals surface area contributed by atoms with Crippen LogP contribution in [0, 0.1) is 11.8 Å². The Hall–Kier alpha value is -2.73. The van der Waals surface area contributed by atoms with Gasteiger partial charge in [-0.2, -0.15) is 0 Å². The van der Waals surface area contributed by atoms with Crippen molar-refractivity contribution >= 4 is 5.97 Å². The van der Waals surface area contributed by atoms with Gasteiger partial charge in [0.25, 0.3) is 5.97 Å². The molecule has 2 rings (SSSR count). The zero-order chi connectivity index (χ0) is 14.1. The summed E-state index contributed by atoms with van der Waals surface area (Å²) in [6.07, 6.45) is 0. The fourth-order valence-corrected chi connectivity index (χ4v) is 1.24. The Bertz CT molecular complexity index is 588. The average Bonchev–Trinajstić information content (AvgIpc) is 2.38. The minimum absolute atomic E-state index is 0.223. The summed E-state index contributed by atoms with van der Waals surface area (Å²) >= 11 is 0. The molecular weight excluding hydrogens is 240 g/mol. The normalized spacial score (nSPS) is 8.47. The van der Waals surface area contributed by atoms with Crippen molar-refractivity contribution in [2.45, 2.75) is 6.92 Å². The number of hydrogen-bond acceptors (Lipinski definition) is 2. The van der Waals surface area contributed by atoms with Gasteiger partial charge in [-0.1, -0.05) is 42.2 Å². The first-order valence-corrected chi connectivity index (χ1v) is 5.64. The summed E-state index contributed by atoms with van der Waals surface area (Å²) in [5, 5.41) is 16.9. The van der Waals surface area contributed by atoms with E-state index in [0.717, 1.165) is 12.5 Å². The fourth-order valence-electron chi connectivity index (χ4n) is 1.24. The van der Waals surface area contributed by atoms with Crippen molar-refractivity contribution in [1.29, 1.82) is 0 Å². The van der Waals surface area contributed by atoms with Gasteiger partial charge in [0.15, 0.2) is 0 Å². The van der Waals surface area contributed by atoms with Crippen molar-refractivity contribution in [1.82, 2.24) is 0 Å². The Morgan fingerprint density at radius 3 is 2.05 bits per heavy atom. The highest BCUT2D eigenvalue weighted by molar-refractivity contribution is 5.62. The van der Waals surface area contributed by atoms with Gasteiger partial charge in [0, 0.05) is 12.5 Å². The minimum Gasteiger partial charge on any atom is -0.507 e. The highest BCUT2D eigenvalue weighted by atomic mass is 16.4. The summed E-state index contributed by atoms with van der Waals surface area (Å²) in [7, 11) is 0. The Morgan fingerprint density at radius 2 is 1.47 bits per heavy atom. The first-order chi connectivity index (χ1) is 9.09. The number of aromatic hydroxyl groups is 1. The van der Waals surface area contributed by atoms with Crippen LogP contribution < -0.4 is 0 Å². The van der Waals surface area contributed by atoms with Crippen LogP contribution in [0.25, 0.3) is 0 Å². The van der Waals surface area contributed by atoms with Gasteiger partial charge in [-0.25, -0.2) is 0 Å². The summed E-state index contributed by atoms with van der Waals surface area (Å²) in [4.78, 5) is 9.00. The molecule has 96 valence electrons. The lowest BCUT2D eigenvalue weighted by atomic mass is 10.1. The lowest BCUT2D eigenvalue weighted by Gasteiger charge is -1.93. The molecule has 3 heteroatoms. The summed E-state index contributed by atoms with van der Waals surface area (Å²) < 4.78 is 0. The van der Waals surface area contributed by atoms with Gasteiger partial charge in [0.05, 0.1) is 5.56 Å². The molecule has 0 aromatic heterocycles. The standard InChI is InChI=1S/C14H10O.C2H4O2/c15-14-9-5-4-8-13(14)11-10-12-6-2-1-3-7-12;1-2(3)4/h1-9,15H;1H3,(H,3,4). The van der Waals surface area contributed by atoms with Gasteiger partial charge in [-0.05, 0) is 24.3 Å². The van der Waals surface area contributed by atoms with Crippen molar-refractivity contribution in [2.24, 2.45) is 0 Å². The van der Waals surface area contributed by atoms with Gasteiger partial charge < -0.3 is 10.2 Å². The number of carboxylic acids is 1. The van der Waals surface area contributed by atoms with Crippen LogP contribution in [-0.4, -0.2) is 16.2 Å². The molecule has 2 aromatic rings. The van der Waals surface area contributed by atoms with Crippen molar-refractivity contribution in [3.63, 3.8) is 0 Å². The Kier molecular flexibility index (Phi) is 5.71. The highest BCUT2D eigenvalue weighted by Crippen LogP contribution is 2.13. The second-order valence-electron chi connectivity index (χ2n) is 3.65. The maximum absolute atomic E-state index is 9.49. The lowest BCUT2D eigenvalue weighted by molar-refractivity contribution is -0.134.